The number of ether oxygens (including phenoxy) is 3. The van der Waals surface area contributed by atoms with E-state index in [1.165, 1.54) is 6.08 Å². The average molecular weight is 389 g/mol. The molecule has 0 radical (unpaired) electrons. The van der Waals surface area contributed by atoms with Crippen molar-refractivity contribution in [3.05, 3.63) is 51.7 Å². The van der Waals surface area contributed by atoms with Gasteiger partial charge in [0.25, 0.3) is 5.91 Å². The molecule has 0 fully saturated rings. The fraction of sp³-hybridized carbons (Fsp3) is 0.300. The normalized spacial score (nSPS) is 11.9. The minimum absolute atomic E-state index is 0.342. The van der Waals surface area contributed by atoms with E-state index in [2.05, 4.69) is 5.32 Å². The summed E-state index contributed by atoms with van der Waals surface area (Å²) < 4.78 is 15.5. The molecule has 0 aliphatic carbocycles. The third kappa shape index (κ3) is 6.14. The Bertz CT molecular complexity index is 828. The van der Waals surface area contributed by atoms with Crippen molar-refractivity contribution >= 4 is 29.3 Å². The number of carbonyl (C=O) groups excluding carboxylic acids is 2. The van der Waals surface area contributed by atoms with Crippen LogP contribution in [0.1, 0.15) is 28.3 Å². The van der Waals surface area contributed by atoms with Crippen molar-refractivity contribution in [2.24, 2.45) is 0 Å². The molecular formula is C20H23NO5S. The number of aryl methyl sites for hydroxylation is 1. The van der Waals surface area contributed by atoms with Gasteiger partial charge in [0.1, 0.15) is 11.5 Å². The van der Waals surface area contributed by atoms with Crippen LogP contribution in [0.3, 0.4) is 0 Å². The molecule has 1 atom stereocenters. The van der Waals surface area contributed by atoms with Gasteiger partial charge in [-0.05, 0) is 50.3 Å². The third-order valence-electron chi connectivity index (χ3n) is 3.77. The molecule has 2 rings (SSSR count). The smallest absolute Gasteiger partial charge is 0.331 e. The van der Waals surface area contributed by atoms with E-state index in [-0.39, 0.29) is 12.6 Å². The topological polar surface area (TPSA) is 73.9 Å². The molecular weight excluding hydrogens is 366 g/mol. The fourth-order valence-electron chi connectivity index (χ4n) is 2.42. The van der Waals surface area contributed by atoms with E-state index in [0.717, 1.165) is 15.3 Å². The zero-order valence-corrected chi connectivity index (χ0v) is 16.6. The molecule has 1 aromatic heterocycles. The van der Waals surface area contributed by atoms with Gasteiger partial charge in [-0.15, -0.1) is 11.3 Å². The first kappa shape index (κ1) is 20.5. The van der Waals surface area contributed by atoms with Crippen molar-refractivity contribution in [3.63, 3.8) is 0 Å². The monoisotopic (exact) mass is 389 g/mol. The molecule has 1 aromatic carbocycles. The molecule has 2 aromatic rings. The highest BCUT2D eigenvalue weighted by Gasteiger charge is 2.16. The molecule has 0 saturated carbocycles. The number of benzene rings is 1. The molecule has 144 valence electrons. The van der Waals surface area contributed by atoms with E-state index in [0.29, 0.717) is 11.5 Å². The number of amides is 1. The molecule has 0 aliphatic heterocycles. The first-order valence-electron chi connectivity index (χ1n) is 8.35. The second kappa shape index (κ2) is 9.78. The molecule has 6 nitrogen and oxygen atoms in total. The molecule has 0 saturated heterocycles. The van der Waals surface area contributed by atoms with Crippen LogP contribution >= 0.6 is 11.3 Å². The quantitative estimate of drug-likeness (QED) is 0.552. The molecule has 1 N–H and O–H groups in total. The van der Waals surface area contributed by atoms with Crippen molar-refractivity contribution in [1.29, 1.82) is 0 Å². The van der Waals surface area contributed by atoms with E-state index >= 15 is 0 Å². The maximum atomic E-state index is 12.1. The Balaban J connectivity index is 1.88. The highest BCUT2D eigenvalue weighted by molar-refractivity contribution is 7.12. The summed E-state index contributed by atoms with van der Waals surface area (Å²) in [5, 5.41) is 2.78. The van der Waals surface area contributed by atoms with E-state index in [9.17, 15) is 9.59 Å². The molecule has 1 heterocycles. The lowest BCUT2D eigenvalue weighted by Crippen LogP contribution is -2.31. The largest absolute Gasteiger partial charge is 0.497 e. The number of hydrogen-bond acceptors (Lipinski definition) is 6. The van der Waals surface area contributed by atoms with Gasteiger partial charge in [0.05, 0.1) is 20.3 Å². The lowest BCUT2D eigenvalue weighted by atomic mass is 10.1. The highest BCUT2D eigenvalue weighted by atomic mass is 32.1. The lowest BCUT2D eigenvalue weighted by molar-refractivity contribution is -0.144. The SMILES string of the molecule is COc1ccc(OC)c([C@@H](C)NC(=O)COC(=O)/C=C/c2ccc(C)s2)c1. The molecule has 0 bridgehead atoms. The first-order valence-corrected chi connectivity index (χ1v) is 9.17. The highest BCUT2D eigenvalue weighted by Crippen LogP contribution is 2.29. The Labute approximate surface area is 162 Å². The van der Waals surface area contributed by atoms with Gasteiger partial charge in [-0.3, -0.25) is 4.79 Å². The maximum Gasteiger partial charge on any atom is 0.331 e. The van der Waals surface area contributed by atoms with E-state index in [4.69, 9.17) is 14.2 Å². The molecule has 0 aliphatic rings. The Hall–Kier alpha value is -2.80. The molecule has 7 heteroatoms. The third-order valence-corrected chi connectivity index (χ3v) is 4.74. The zero-order valence-electron chi connectivity index (χ0n) is 15.8. The molecule has 0 unspecified atom stereocenters. The van der Waals surface area contributed by atoms with E-state index in [1.54, 1.807) is 49.8 Å². The van der Waals surface area contributed by atoms with Gasteiger partial charge in [0, 0.05) is 21.4 Å². The van der Waals surface area contributed by atoms with Crippen molar-refractivity contribution in [3.8, 4) is 11.5 Å². The lowest BCUT2D eigenvalue weighted by Gasteiger charge is -2.18. The summed E-state index contributed by atoms with van der Waals surface area (Å²) >= 11 is 1.57. The van der Waals surface area contributed by atoms with Crippen LogP contribution in [0.5, 0.6) is 11.5 Å². The van der Waals surface area contributed by atoms with Crippen LogP contribution in [0, 0.1) is 6.92 Å². The minimum Gasteiger partial charge on any atom is -0.497 e. The van der Waals surface area contributed by atoms with E-state index < -0.39 is 11.9 Å². The van der Waals surface area contributed by atoms with Crippen LogP contribution in [0.15, 0.2) is 36.4 Å². The number of esters is 1. The van der Waals surface area contributed by atoms with Crippen LogP contribution in [0.2, 0.25) is 0 Å². The van der Waals surface area contributed by atoms with E-state index in [1.807, 2.05) is 26.0 Å². The van der Waals surface area contributed by atoms with Gasteiger partial charge in [-0.25, -0.2) is 4.79 Å². The van der Waals surface area contributed by atoms with Crippen molar-refractivity contribution in [2.45, 2.75) is 19.9 Å². The maximum absolute atomic E-state index is 12.1. The minimum atomic E-state index is -0.567. The Morgan fingerprint density at radius 1 is 1.19 bits per heavy atom. The second-order valence-corrected chi connectivity index (χ2v) is 7.11. The summed E-state index contributed by atoms with van der Waals surface area (Å²) in [6, 6.07) is 8.89. The number of hydrogen-bond donors (Lipinski definition) is 1. The number of carbonyl (C=O) groups is 2. The van der Waals surface area contributed by atoms with Gasteiger partial charge in [0.15, 0.2) is 6.61 Å². The Kier molecular flexibility index (Phi) is 7.43. The van der Waals surface area contributed by atoms with Gasteiger partial charge in [-0.2, -0.15) is 0 Å². The summed E-state index contributed by atoms with van der Waals surface area (Å²) in [5.41, 5.74) is 0.768. The average Bonchev–Trinajstić information content (AvgIpc) is 3.09. The van der Waals surface area contributed by atoms with Gasteiger partial charge >= 0.3 is 5.97 Å². The Morgan fingerprint density at radius 2 is 1.96 bits per heavy atom. The summed E-state index contributed by atoms with van der Waals surface area (Å²) in [7, 11) is 3.13. The van der Waals surface area contributed by atoms with Crippen molar-refractivity contribution in [1.82, 2.24) is 5.32 Å². The van der Waals surface area contributed by atoms with Gasteiger partial charge in [0.2, 0.25) is 0 Å². The molecule has 1 amide bonds. The van der Waals surface area contributed by atoms with Crippen LogP contribution < -0.4 is 14.8 Å². The number of methoxy groups -OCH3 is 2. The molecule has 0 spiro atoms. The van der Waals surface area contributed by atoms with Crippen LogP contribution in [0.25, 0.3) is 6.08 Å². The van der Waals surface area contributed by atoms with Gasteiger partial charge < -0.3 is 19.5 Å². The predicted molar refractivity (Wildman–Crippen MR) is 105 cm³/mol. The Morgan fingerprint density at radius 3 is 2.59 bits per heavy atom. The number of thiophene rings is 1. The standard InChI is InChI=1S/C20H23NO5S/c1-13-5-7-16(27-13)8-10-20(23)26-12-19(22)21-14(2)17-11-15(24-3)6-9-18(17)25-4/h5-11,14H,12H2,1-4H3,(H,21,22)/b10-8+/t14-/m1/s1. The van der Waals surface area contributed by atoms with Crippen LogP contribution in [-0.4, -0.2) is 32.7 Å². The first-order chi connectivity index (χ1) is 12.9. The number of rotatable bonds is 8. The molecule has 27 heavy (non-hydrogen) atoms. The second-order valence-electron chi connectivity index (χ2n) is 5.79. The predicted octanol–water partition coefficient (Wildman–Crippen LogP) is 3.51. The fourth-order valence-corrected chi connectivity index (χ4v) is 3.20. The summed E-state index contributed by atoms with van der Waals surface area (Å²) in [4.78, 5) is 25.9. The van der Waals surface area contributed by atoms with Crippen molar-refractivity contribution < 1.29 is 23.8 Å². The summed E-state index contributed by atoms with van der Waals surface area (Å²) in [5.74, 6) is 0.325. The van der Waals surface area contributed by atoms with Crippen molar-refractivity contribution in [2.75, 3.05) is 20.8 Å². The van der Waals surface area contributed by atoms with Crippen LogP contribution in [0.4, 0.5) is 0 Å². The van der Waals surface area contributed by atoms with Gasteiger partial charge in [-0.1, -0.05) is 0 Å². The zero-order chi connectivity index (χ0) is 19.8. The van der Waals surface area contributed by atoms with Crippen LogP contribution in [-0.2, 0) is 14.3 Å². The number of nitrogens with one attached hydrogen (secondary N) is 1. The summed E-state index contributed by atoms with van der Waals surface area (Å²) in [6.45, 7) is 3.45. The summed E-state index contributed by atoms with van der Waals surface area (Å²) in [6.07, 6.45) is 2.98.